The predicted octanol–water partition coefficient (Wildman–Crippen LogP) is -1.05. The van der Waals surface area contributed by atoms with Gasteiger partial charge in [-0.2, -0.15) is 0 Å². The lowest BCUT2D eigenvalue weighted by Gasteiger charge is -2.47. The molecule has 158 valence electrons. The van der Waals surface area contributed by atoms with E-state index < -0.39 is 6.17 Å². The molecule has 6 unspecified atom stereocenters. The van der Waals surface area contributed by atoms with Gasteiger partial charge in [-0.1, -0.05) is 0 Å². The number of carbonyl (C=O) groups excluding carboxylic acids is 1. The van der Waals surface area contributed by atoms with Gasteiger partial charge < -0.3 is 10.1 Å². The quantitative estimate of drug-likeness (QED) is 0.550. The monoisotopic (exact) mass is 396 g/mol. The van der Waals surface area contributed by atoms with Gasteiger partial charge in [0.15, 0.2) is 0 Å². The van der Waals surface area contributed by atoms with Crippen LogP contribution in [0.5, 0.6) is 0 Å². The first-order chi connectivity index (χ1) is 13.4. The molecule has 0 aromatic heterocycles. The maximum Gasteiger partial charge on any atom is 0.224 e. The van der Waals surface area contributed by atoms with Crippen molar-refractivity contribution in [2.45, 2.75) is 49.9 Å². The summed E-state index contributed by atoms with van der Waals surface area (Å²) in [5, 5.41) is 8.84. The number of morpholine rings is 1. The summed E-state index contributed by atoms with van der Waals surface area (Å²) in [6.07, 6.45) is -0.0109. The summed E-state index contributed by atoms with van der Waals surface area (Å²) in [6.45, 7) is 7.95. The van der Waals surface area contributed by atoms with E-state index in [9.17, 15) is 9.18 Å². The zero-order valence-electron chi connectivity index (χ0n) is 16.9. The molecule has 7 atom stereocenters. The first-order valence-corrected chi connectivity index (χ1v) is 10.7. The highest BCUT2D eigenvalue weighted by Crippen LogP contribution is 2.39. The van der Waals surface area contributed by atoms with Crippen molar-refractivity contribution >= 4 is 5.91 Å². The van der Waals surface area contributed by atoms with Crippen LogP contribution in [0.1, 0.15) is 19.8 Å². The Kier molecular flexibility index (Phi) is 4.88. The number of alkyl halides is 1. The van der Waals surface area contributed by atoms with Crippen LogP contribution in [0.2, 0.25) is 0 Å². The van der Waals surface area contributed by atoms with Gasteiger partial charge in [-0.15, -0.1) is 0 Å². The Hall–Kier alpha value is -0.840. The Labute approximate surface area is 166 Å². The van der Waals surface area contributed by atoms with E-state index in [1.807, 2.05) is 0 Å². The van der Waals surface area contributed by atoms with Gasteiger partial charge in [0, 0.05) is 64.3 Å². The molecular weight excluding hydrogens is 363 g/mol. The maximum atomic E-state index is 14.4. The fourth-order valence-electron chi connectivity index (χ4n) is 6.09. The van der Waals surface area contributed by atoms with E-state index >= 15 is 0 Å². The number of rotatable bonds is 2. The third kappa shape index (κ3) is 3.16. The minimum atomic E-state index is -0.904. The van der Waals surface area contributed by atoms with Crippen LogP contribution >= 0.6 is 0 Å². The van der Waals surface area contributed by atoms with Crippen LogP contribution in [0.4, 0.5) is 4.39 Å². The highest BCUT2D eigenvalue weighted by molar-refractivity contribution is 5.80. The molecule has 5 fully saturated rings. The topological polar surface area (TPSA) is 72.1 Å². The second kappa shape index (κ2) is 7.14. The van der Waals surface area contributed by atoms with Gasteiger partial charge in [-0.25, -0.2) is 9.40 Å². The molecule has 0 spiro atoms. The summed E-state index contributed by atoms with van der Waals surface area (Å²) in [6, 6.07) is 0.129. The summed E-state index contributed by atoms with van der Waals surface area (Å²) >= 11 is 0. The second-order valence-corrected chi connectivity index (χ2v) is 9.41. The van der Waals surface area contributed by atoms with Crippen LogP contribution in [-0.2, 0) is 9.53 Å². The standard InChI is InChI=1S/C19H33FN6O2/c1-19(12-9-22-24(2)10-12)11-25(5-6-28-19)18-23-15-8-13(20)7-14-16(15)26(18)4-3-21-17(14)27/h12-16,18,22-23H,3-11H2,1-2H3,(H,21,27)/t12?,13?,14?,15?,16?,18?,19-/m0/s1. The van der Waals surface area contributed by atoms with Crippen molar-refractivity contribution in [3.05, 3.63) is 0 Å². The van der Waals surface area contributed by atoms with Crippen molar-refractivity contribution in [1.82, 2.24) is 30.9 Å². The molecule has 0 aromatic rings. The molecule has 0 aromatic carbocycles. The van der Waals surface area contributed by atoms with Crippen molar-refractivity contribution in [3.8, 4) is 0 Å². The number of hydrogen-bond donors (Lipinski definition) is 3. The number of hydrazine groups is 1. The van der Waals surface area contributed by atoms with Crippen molar-refractivity contribution in [2.75, 3.05) is 52.9 Å². The molecule has 8 nitrogen and oxygen atoms in total. The number of amides is 1. The summed E-state index contributed by atoms with van der Waals surface area (Å²) in [5.41, 5.74) is 3.18. The predicted molar refractivity (Wildman–Crippen MR) is 102 cm³/mol. The summed E-state index contributed by atoms with van der Waals surface area (Å²) in [7, 11) is 2.07. The molecule has 28 heavy (non-hydrogen) atoms. The molecule has 0 bridgehead atoms. The lowest BCUT2D eigenvalue weighted by Crippen LogP contribution is -2.63. The molecule has 4 aliphatic heterocycles. The van der Waals surface area contributed by atoms with Crippen molar-refractivity contribution in [1.29, 1.82) is 0 Å². The molecule has 3 N–H and O–H groups in total. The van der Waals surface area contributed by atoms with E-state index in [1.54, 1.807) is 0 Å². The molecule has 4 heterocycles. The van der Waals surface area contributed by atoms with Crippen LogP contribution < -0.4 is 16.1 Å². The van der Waals surface area contributed by atoms with E-state index in [-0.39, 0.29) is 35.8 Å². The van der Waals surface area contributed by atoms with Crippen LogP contribution in [0.25, 0.3) is 0 Å². The maximum absolute atomic E-state index is 14.4. The van der Waals surface area contributed by atoms with Gasteiger partial charge in [-0.3, -0.25) is 25.3 Å². The smallest absolute Gasteiger partial charge is 0.224 e. The Morgan fingerprint density at radius 3 is 2.93 bits per heavy atom. The lowest BCUT2D eigenvalue weighted by atomic mass is 9.80. The Balaban J connectivity index is 1.36. The Bertz CT molecular complexity index is 625. The van der Waals surface area contributed by atoms with Gasteiger partial charge >= 0.3 is 0 Å². The SMILES string of the molecule is CN1CC([C@]2(C)CN(C3NC4CC(F)CC5C(=O)NCCN3C45)CCO2)CN1. The van der Waals surface area contributed by atoms with E-state index in [2.05, 4.69) is 44.8 Å². The second-order valence-electron chi connectivity index (χ2n) is 9.41. The molecule has 9 heteroatoms. The van der Waals surface area contributed by atoms with Crippen molar-refractivity contribution in [2.24, 2.45) is 11.8 Å². The van der Waals surface area contributed by atoms with Gasteiger partial charge in [0.25, 0.3) is 0 Å². The van der Waals surface area contributed by atoms with E-state index in [1.165, 1.54) is 0 Å². The number of ether oxygens (including phenoxy) is 1. The number of halogens is 1. The van der Waals surface area contributed by atoms with E-state index in [0.717, 1.165) is 32.7 Å². The minimum Gasteiger partial charge on any atom is -0.372 e. The van der Waals surface area contributed by atoms with Crippen LogP contribution in [0.3, 0.4) is 0 Å². The normalized spacial score (nSPS) is 48.3. The fourth-order valence-corrected chi connectivity index (χ4v) is 6.09. The molecule has 1 saturated carbocycles. The summed E-state index contributed by atoms with van der Waals surface area (Å²) < 4.78 is 20.7. The Morgan fingerprint density at radius 2 is 2.14 bits per heavy atom. The van der Waals surface area contributed by atoms with Gasteiger partial charge in [0.05, 0.1) is 18.1 Å². The summed E-state index contributed by atoms with van der Waals surface area (Å²) in [4.78, 5) is 17.4. The highest BCUT2D eigenvalue weighted by Gasteiger charge is 2.54. The minimum absolute atomic E-state index is 0.0224. The number of hydrogen-bond acceptors (Lipinski definition) is 7. The number of nitrogens with one attached hydrogen (secondary N) is 3. The average molecular weight is 397 g/mol. The number of carbonyl (C=O) groups is 1. The van der Waals surface area contributed by atoms with Gasteiger partial charge in [0.1, 0.15) is 12.5 Å². The first kappa shape index (κ1) is 19.1. The molecule has 5 rings (SSSR count). The first-order valence-electron chi connectivity index (χ1n) is 10.7. The van der Waals surface area contributed by atoms with Crippen LogP contribution in [-0.4, -0.2) is 104 Å². The molecule has 1 aliphatic carbocycles. The van der Waals surface area contributed by atoms with Crippen LogP contribution in [0, 0.1) is 11.8 Å². The third-order valence-electron chi connectivity index (χ3n) is 7.55. The van der Waals surface area contributed by atoms with Gasteiger partial charge in [0.2, 0.25) is 5.91 Å². The van der Waals surface area contributed by atoms with Crippen molar-refractivity contribution < 1.29 is 13.9 Å². The zero-order chi connectivity index (χ0) is 19.5. The third-order valence-corrected chi connectivity index (χ3v) is 7.55. The van der Waals surface area contributed by atoms with Gasteiger partial charge in [-0.05, 0) is 19.8 Å². The van der Waals surface area contributed by atoms with E-state index in [4.69, 9.17) is 4.74 Å². The fraction of sp³-hybridized carbons (Fsp3) is 0.947. The van der Waals surface area contributed by atoms with Crippen molar-refractivity contribution in [3.63, 3.8) is 0 Å². The molecular formula is C19H33FN6O2. The molecule has 5 aliphatic rings. The largest absolute Gasteiger partial charge is 0.372 e. The molecule has 1 amide bonds. The highest BCUT2D eigenvalue weighted by atomic mass is 19.1. The average Bonchev–Trinajstić information content (AvgIpc) is 3.21. The Morgan fingerprint density at radius 1 is 1.29 bits per heavy atom. The molecule has 4 saturated heterocycles. The zero-order valence-corrected chi connectivity index (χ0v) is 16.9. The van der Waals surface area contributed by atoms with E-state index in [0.29, 0.717) is 31.9 Å². The van der Waals surface area contributed by atoms with Crippen LogP contribution in [0.15, 0.2) is 0 Å². The number of nitrogens with zero attached hydrogens (tertiary/aromatic N) is 3. The lowest BCUT2D eigenvalue weighted by molar-refractivity contribution is -0.150. The molecule has 0 radical (unpaired) electrons. The summed E-state index contributed by atoms with van der Waals surface area (Å²) in [5.74, 6) is 0.197.